The van der Waals surface area contributed by atoms with Gasteiger partial charge in [-0.15, -0.1) is 0 Å². The minimum Gasteiger partial charge on any atom is -0.477 e. The SMILES string of the molecule is CC/C(=N/NC(=O)COc1ccccc1[N+](=O)[O-])C(C)C. The van der Waals surface area contributed by atoms with Crippen LogP contribution < -0.4 is 10.2 Å². The van der Waals surface area contributed by atoms with Crippen molar-refractivity contribution in [3.05, 3.63) is 34.4 Å². The van der Waals surface area contributed by atoms with Crippen LogP contribution in [0.3, 0.4) is 0 Å². The van der Waals surface area contributed by atoms with Crippen LogP contribution in [0.4, 0.5) is 5.69 Å². The maximum Gasteiger partial charge on any atom is 0.310 e. The van der Waals surface area contributed by atoms with Crippen LogP contribution in [0.2, 0.25) is 0 Å². The molecule has 0 heterocycles. The third kappa shape index (κ3) is 5.21. The smallest absolute Gasteiger partial charge is 0.310 e. The van der Waals surface area contributed by atoms with Crippen molar-refractivity contribution in [1.82, 2.24) is 5.43 Å². The quantitative estimate of drug-likeness (QED) is 0.475. The first-order chi connectivity index (χ1) is 9.95. The predicted octanol–water partition coefficient (Wildman–Crippen LogP) is 2.51. The maximum atomic E-state index is 11.6. The number of nitro groups is 1. The van der Waals surface area contributed by atoms with Crippen LogP contribution in [0, 0.1) is 16.0 Å². The molecule has 0 aromatic heterocycles. The number of amides is 1. The van der Waals surface area contributed by atoms with Gasteiger partial charge >= 0.3 is 5.69 Å². The van der Waals surface area contributed by atoms with E-state index in [2.05, 4.69) is 10.5 Å². The number of benzene rings is 1. The Morgan fingerprint density at radius 2 is 2.10 bits per heavy atom. The fourth-order valence-corrected chi connectivity index (χ4v) is 1.66. The second-order valence-electron chi connectivity index (χ2n) is 4.66. The van der Waals surface area contributed by atoms with Gasteiger partial charge in [0, 0.05) is 11.8 Å². The molecule has 0 atom stereocenters. The maximum absolute atomic E-state index is 11.6. The molecule has 7 nitrogen and oxygen atoms in total. The van der Waals surface area contributed by atoms with E-state index in [1.54, 1.807) is 6.07 Å². The van der Waals surface area contributed by atoms with E-state index in [9.17, 15) is 14.9 Å². The van der Waals surface area contributed by atoms with E-state index < -0.39 is 10.8 Å². The molecule has 0 aliphatic rings. The predicted molar refractivity (Wildman–Crippen MR) is 79.3 cm³/mol. The molecule has 1 aromatic rings. The first-order valence-electron chi connectivity index (χ1n) is 6.67. The molecule has 1 aromatic carbocycles. The Labute approximate surface area is 123 Å². The van der Waals surface area contributed by atoms with Gasteiger partial charge in [0.05, 0.1) is 4.92 Å². The lowest BCUT2D eigenvalue weighted by Crippen LogP contribution is -2.26. The zero-order chi connectivity index (χ0) is 15.8. The Bertz CT molecular complexity index is 541. The number of carbonyl (C=O) groups excluding carboxylic acids is 1. The molecule has 0 unspecified atom stereocenters. The number of nitro benzene ring substituents is 1. The lowest BCUT2D eigenvalue weighted by Gasteiger charge is -2.08. The third-order valence-corrected chi connectivity index (χ3v) is 2.77. The molecule has 0 saturated carbocycles. The van der Waals surface area contributed by atoms with Crippen molar-refractivity contribution in [3.8, 4) is 5.75 Å². The molecule has 0 radical (unpaired) electrons. The Morgan fingerprint density at radius 1 is 1.43 bits per heavy atom. The van der Waals surface area contributed by atoms with Crippen LogP contribution in [-0.2, 0) is 4.79 Å². The molecule has 1 amide bonds. The van der Waals surface area contributed by atoms with Gasteiger partial charge in [-0.2, -0.15) is 5.10 Å². The van der Waals surface area contributed by atoms with E-state index in [1.807, 2.05) is 20.8 Å². The van der Waals surface area contributed by atoms with E-state index in [0.717, 1.165) is 12.1 Å². The van der Waals surface area contributed by atoms with Gasteiger partial charge in [-0.25, -0.2) is 5.43 Å². The van der Waals surface area contributed by atoms with Crippen molar-refractivity contribution < 1.29 is 14.5 Å². The Balaban J connectivity index is 2.60. The summed E-state index contributed by atoms with van der Waals surface area (Å²) in [5, 5.41) is 14.8. The largest absolute Gasteiger partial charge is 0.477 e. The summed E-state index contributed by atoms with van der Waals surface area (Å²) in [6.45, 7) is 5.59. The van der Waals surface area contributed by atoms with Gasteiger partial charge in [0.15, 0.2) is 12.4 Å². The second kappa shape index (κ2) is 7.98. The molecule has 1 rings (SSSR count). The molecule has 1 N–H and O–H groups in total. The van der Waals surface area contributed by atoms with Gasteiger partial charge in [-0.1, -0.05) is 32.9 Å². The second-order valence-corrected chi connectivity index (χ2v) is 4.66. The summed E-state index contributed by atoms with van der Waals surface area (Å²) in [5.41, 5.74) is 3.08. The number of carbonyl (C=O) groups is 1. The average molecular weight is 293 g/mol. The summed E-state index contributed by atoms with van der Waals surface area (Å²) >= 11 is 0. The fraction of sp³-hybridized carbons (Fsp3) is 0.429. The Hall–Kier alpha value is -2.44. The normalized spacial score (nSPS) is 11.3. The van der Waals surface area contributed by atoms with E-state index in [4.69, 9.17) is 4.74 Å². The zero-order valence-corrected chi connectivity index (χ0v) is 12.3. The highest BCUT2D eigenvalue weighted by molar-refractivity contribution is 5.87. The zero-order valence-electron chi connectivity index (χ0n) is 12.3. The highest BCUT2D eigenvalue weighted by atomic mass is 16.6. The monoisotopic (exact) mass is 293 g/mol. The van der Waals surface area contributed by atoms with Crippen LogP contribution in [0.15, 0.2) is 29.4 Å². The molecule has 0 aliphatic heterocycles. The molecule has 0 saturated heterocycles. The molecule has 114 valence electrons. The molecular formula is C14H19N3O4. The van der Waals surface area contributed by atoms with Gasteiger partial charge in [-0.3, -0.25) is 14.9 Å². The van der Waals surface area contributed by atoms with Crippen molar-refractivity contribution >= 4 is 17.3 Å². The lowest BCUT2D eigenvalue weighted by molar-refractivity contribution is -0.385. The number of hydrogen-bond acceptors (Lipinski definition) is 5. The topological polar surface area (TPSA) is 93.8 Å². The van der Waals surface area contributed by atoms with Crippen molar-refractivity contribution in [2.75, 3.05) is 6.61 Å². The highest BCUT2D eigenvalue weighted by Gasteiger charge is 2.14. The van der Waals surface area contributed by atoms with Crippen LogP contribution in [-0.4, -0.2) is 23.1 Å². The number of ether oxygens (including phenoxy) is 1. The summed E-state index contributed by atoms with van der Waals surface area (Å²) in [7, 11) is 0. The van der Waals surface area contributed by atoms with Crippen LogP contribution in [0.5, 0.6) is 5.75 Å². The summed E-state index contributed by atoms with van der Waals surface area (Å²) < 4.78 is 5.16. The summed E-state index contributed by atoms with van der Waals surface area (Å²) in [6, 6.07) is 5.90. The molecule has 0 aliphatic carbocycles. The van der Waals surface area contributed by atoms with Crippen molar-refractivity contribution in [2.45, 2.75) is 27.2 Å². The third-order valence-electron chi connectivity index (χ3n) is 2.77. The molecule has 21 heavy (non-hydrogen) atoms. The van der Waals surface area contributed by atoms with E-state index in [1.165, 1.54) is 18.2 Å². The lowest BCUT2D eigenvalue weighted by atomic mass is 10.1. The number of nitrogens with one attached hydrogen (secondary N) is 1. The van der Waals surface area contributed by atoms with Gasteiger partial charge in [-0.05, 0) is 18.4 Å². The number of para-hydroxylation sites is 2. The van der Waals surface area contributed by atoms with Crippen LogP contribution in [0.1, 0.15) is 27.2 Å². The van der Waals surface area contributed by atoms with E-state index >= 15 is 0 Å². The molecule has 7 heteroatoms. The average Bonchev–Trinajstić information content (AvgIpc) is 2.45. The number of nitrogens with zero attached hydrogens (tertiary/aromatic N) is 2. The molecular weight excluding hydrogens is 274 g/mol. The standard InChI is InChI=1S/C14H19N3O4/c1-4-11(10(2)3)15-16-14(18)9-21-13-8-6-5-7-12(13)17(19)20/h5-8,10H,4,9H2,1-3H3,(H,16,18)/b15-11-. The minimum atomic E-state index is -0.556. The Kier molecular flexibility index (Phi) is 6.32. The number of hydrazone groups is 1. The number of rotatable bonds is 7. The van der Waals surface area contributed by atoms with E-state index in [-0.39, 0.29) is 24.0 Å². The summed E-state index contributed by atoms with van der Waals surface area (Å²) in [4.78, 5) is 21.9. The Morgan fingerprint density at radius 3 is 2.67 bits per heavy atom. The fourth-order valence-electron chi connectivity index (χ4n) is 1.66. The van der Waals surface area contributed by atoms with Crippen LogP contribution in [0.25, 0.3) is 0 Å². The number of hydrogen-bond donors (Lipinski definition) is 1. The van der Waals surface area contributed by atoms with Gasteiger partial charge < -0.3 is 4.74 Å². The molecule has 0 bridgehead atoms. The van der Waals surface area contributed by atoms with Crippen molar-refractivity contribution in [2.24, 2.45) is 11.0 Å². The summed E-state index contributed by atoms with van der Waals surface area (Å²) in [5.74, 6) is -0.160. The highest BCUT2D eigenvalue weighted by Crippen LogP contribution is 2.25. The minimum absolute atomic E-state index is 0.0567. The molecule has 0 spiro atoms. The van der Waals surface area contributed by atoms with Crippen LogP contribution >= 0.6 is 0 Å². The summed E-state index contributed by atoms with van der Waals surface area (Å²) in [6.07, 6.45) is 0.739. The van der Waals surface area contributed by atoms with Gasteiger partial charge in [0.1, 0.15) is 0 Å². The van der Waals surface area contributed by atoms with Gasteiger partial charge in [0.25, 0.3) is 5.91 Å². The van der Waals surface area contributed by atoms with Crippen molar-refractivity contribution in [3.63, 3.8) is 0 Å². The first kappa shape index (κ1) is 16.6. The van der Waals surface area contributed by atoms with E-state index in [0.29, 0.717) is 0 Å². The van der Waals surface area contributed by atoms with Gasteiger partial charge in [0.2, 0.25) is 0 Å². The molecule has 0 fully saturated rings. The van der Waals surface area contributed by atoms with Crippen molar-refractivity contribution in [1.29, 1.82) is 0 Å². The first-order valence-corrected chi connectivity index (χ1v) is 6.67.